The SMILES string of the molecule is CC(C)C(=C/N)/C=C(\N)Nc1ccc2ncc(/C(C=N)=C/NCC3=CC=C([N+](=O)[O-])CC3)cc2n1. The van der Waals surface area contributed by atoms with Crippen molar-refractivity contribution < 1.29 is 4.92 Å². The maximum Gasteiger partial charge on any atom is 0.246 e. The summed E-state index contributed by atoms with van der Waals surface area (Å²) in [4.78, 5) is 19.6. The van der Waals surface area contributed by atoms with Crippen molar-refractivity contribution in [3.8, 4) is 0 Å². The van der Waals surface area contributed by atoms with Crippen LogP contribution in [0, 0.1) is 21.4 Å². The molecular weight excluding hydrogens is 444 g/mol. The molecule has 7 N–H and O–H groups in total. The summed E-state index contributed by atoms with van der Waals surface area (Å²) < 4.78 is 0. The first-order valence-electron chi connectivity index (χ1n) is 11.2. The fourth-order valence-corrected chi connectivity index (χ4v) is 3.47. The monoisotopic (exact) mass is 474 g/mol. The van der Waals surface area contributed by atoms with Crippen molar-refractivity contribution in [2.45, 2.75) is 26.7 Å². The third-order valence-corrected chi connectivity index (χ3v) is 5.51. The number of anilines is 1. The molecule has 0 radical (unpaired) electrons. The molecule has 35 heavy (non-hydrogen) atoms. The standard InChI is InChI=1S/C25H30N8O2/c1-16(2)18(11-26)10-24(28)32-25-8-7-22-23(31-25)9-19(15-30-22)20(12-27)14-29-13-17-3-5-21(6-4-17)33(34)35/h3,5,7-12,14-16,27,29H,4,6,13,26,28H2,1-2H3,(H,31,32)/b18-11+,20-14+,24-10+,27-12?. The summed E-state index contributed by atoms with van der Waals surface area (Å²) >= 11 is 0. The average molecular weight is 475 g/mol. The third kappa shape index (κ3) is 6.76. The fraction of sp³-hybridized carbons (Fsp3) is 0.240. The first-order valence-corrected chi connectivity index (χ1v) is 11.2. The second-order valence-corrected chi connectivity index (χ2v) is 8.37. The molecule has 0 aromatic carbocycles. The van der Waals surface area contributed by atoms with Gasteiger partial charge in [0.2, 0.25) is 5.70 Å². The van der Waals surface area contributed by atoms with Gasteiger partial charge in [-0.2, -0.15) is 0 Å². The molecule has 0 amide bonds. The maximum absolute atomic E-state index is 10.8. The molecule has 1 aliphatic carbocycles. The Balaban J connectivity index is 1.75. The summed E-state index contributed by atoms with van der Waals surface area (Å²) in [5, 5.41) is 24.9. The predicted octanol–water partition coefficient (Wildman–Crippen LogP) is 3.80. The number of fused-ring (bicyclic) bond motifs is 1. The van der Waals surface area contributed by atoms with Gasteiger partial charge >= 0.3 is 0 Å². The number of nitro groups is 1. The van der Waals surface area contributed by atoms with Gasteiger partial charge in [0.05, 0.1) is 16.0 Å². The normalized spacial score (nSPS) is 15.0. The minimum Gasteiger partial charge on any atom is -0.404 e. The van der Waals surface area contributed by atoms with E-state index in [0.717, 1.165) is 16.7 Å². The predicted molar refractivity (Wildman–Crippen MR) is 140 cm³/mol. The molecule has 0 aliphatic heterocycles. The molecule has 182 valence electrons. The van der Waals surface area contributed by atoms with E-state index in [4.69, 9.17) is 16.9 Å². The topological polar surface area (TPSA) is 169 Å². The van der Waals surface area contributed by atoms with E-state index in [1.54, 1.807) is 36.7 Å². The number of nitrogens with one attached hydrogen (secondary N) is 3. The average Bonchev–Trinajstić information content (AvgIpc) is 2.85. The molecule has 3 rings (SSSR count). The van der Waals surface area contributed by atoms with E-state index < -0.39 is 0 Å². The molecule has 0 atom stereocenters. The van der Waals surface area contributed by atoms with E-state index >= 15 is 0 Å². The number of allylic oxidation sites excluding steroid dienone is 6. The van der Waals surface area contributed by atoms with E-state index in [1.807, 2.05) is 26.0 Å². The molecule has 0 fully saturated rings. The van der Waals surface area contributed by atoms with Gasteiger partial charge in [-0.15, -0.1) is 0 Å². The summed E-state index contributed by atoms with van der Waals surface area (Å²) in [5.74, 6) is 1.23. The third-order valence-electron chi connectivity index (χ3n) is 5.51. The summed E-state index contributed by atoms with van der Waals surface area (Å²) in [6.07, 6.45) is 12.3. The Hall–Kier alpha value is -4.47. The number of aromatic nitrogens is 2. The van der Waals surface area contributed by atoms with Crippen LogP contribution in [0.3, 0.4) is 0 Å². The van der Waals surface area contributed by atoms with Crippen LogP contribution in [-0.4, -0.2) is 27.7 Å². The zero-order valence-corrected chi connectivity index (χ0v) is 19.8. The van der Waals surface area contributed by atoms with Crippen molar-refractivity contribution in [2.75, 3.05) is 11.9 Å². The lowest BCUT2D eigenvalue weighted by atomic mass is 10.0. The van der Waals surface area contributed by atoms with Gasteiger partial charge in [-0.1, -0.05) is 25.5 Å². The summed E-state index contributed by atoms with van der Waals surface area (Å²) in [6.45, 7) is 4.60. The second-order valence-electron chi connectivity index (χ2n) is 8.37. The lowest BCUT2D eigenvalue weighted by Crippen LogP contribution is -2.13. The molecule has 2 aromatic rings. The first-order chi connectivity index (χ1) is 16.8. The Kier molecular flexibility index (Phi) is 8.33. The van der Waals surface area contributed by atoms with Crippen LogP contribution in [0.25, 0.3) is 16.6 Å². The van der Waals surface area contributed by atoms with Crippen molar-refractivity contribution in [3.63, 3.8) is 0 Å². The van der Waals surface area contributed by atoms with Crippen LogP contribution in [-0.2, 0) is 0 Å². The Bertz CT molecular complexity index is 1270. The summed E-state index contributed by atoms with van der Waals surface area (Å²) in [7, 11) is 0. The molecular formula is C25H30N8O2. The van der Waals surface area contributed by atoms with Gasteiger partial charge in [-0.3, -0.25) is 15.1 Å². The number of hydrogen-bond donors (Lipinski definition) is 5. The first kappa shape index (κ1) is 25.2. The van der Waals surface area contributed by atoms with Crippen LogP contribution in [0.2, 0.25) is 0 Å². The Morgan fingerprint density at radius 1 is 1.29 bits per heavy atom. The van der Waals surface area contributed by atoms with Crippen LogP contribution in [0.1, 0.15) is 32.3 Å². The highest BCUT2D eigenvalue weighted by Gasteiger charge is 2.14. The fourth-order valence-electron chi connectivity index (χ4n) is 3.47. The van der Waals surface area contributed by atoms with Crippen LogP contribution in [0.4, 0.5) is 5.82 Å². The lowest BCUT2D eigenvalue weighted by Gasteiger charge is -2.11. The molecule has 2 heterocycles. The largest absolute Gasteiger partial charge is 0.404 e. The molecule has 0 spiro atoms. The zero-order chi connectivity index (χ0) is 25.4. The number of rotatable bonds is 10. The number of pyridine rings is 2. The van der Waals surface area contributed by atoms with Crippen molar-refractivity contribution in [3.05, 3.63) is 93.4 Å². The molecule has 10 nitrogen and oxygen atoms in total. The van der Waals surface area contributed by atoms with Gasteiger partial charge in [0, 0.05) is 48.8 Å². The quantitative estimate of drug-likeness (QED) is 0.150. The van der Waals surface area contributed by atoms with Crippen molar-refractivity contribution >= 4 is 28.6 Å². The summed E-state index contributed by atoms with van der Waals surface area (Å²) in [6, 6.07) is 5.50. The highest BCUT2D eigenvalue weighted by molar-refractivity contribution is 6.08. The summed E-state index contributed by atoms with van der Waals surface area (Å²) in [5.41, 5.74) is 16.7. The van der Waals surface area contributed by atoms with Gasteiger partial charge in [0.15, 0.2) is 0 Å². The minimum absolute atomic E-state index is 0.224. The van der Waals surface area contributed by atoms with E-state index in [-0.39, 0.29) is 16.5 Å². The van der Waals surface area contributed by atoms with E-state index in [0.29, 0.717) is 47.6 Å². The Labute approximate surface area is 203 Å². The second kappa shape index (κ2) is 11.6. The molecule has 0 unspecified atom stereocenters. The highest BCUT2D eigenvalue weighted by Crippen LogP contribution is 2.21. The molecule has 0 saturated carbocycles. The number of hydrogen-bond acceptors (Lipinski definition) is 9. The highest BCUT2D eigenvalue weighted by atomic mass is 16.6. The van der Waals surface area contributed by atoms with Crippen LogP contribution in [0.15, 0.2) is 77.7 Å². The smallest absolute Gasteiger partial charge is 0.246 e. The van der Waals surface area contributed by atoms with Gasteiger partial charge in [-0.05, 0) is 48.4 Å². The zero-order valence-electron chi connectivity index (χ0n) is 19.8. The maximum atomic E-state index is 10.8. The number of nitrogens with two attached hydrogens (primary N) is 2. The molecule has 2 aromatic heterocycles. The van der Waals surface area contributed by atoms with Gasteiger partial charge < -0.3 is 27.5 Å². The molecule has 10 heteroatoms. The molecule has 1 aliphatic rings. The van der Waals surface area contributed by atoms with Crippen molar-refractivity contribution in [1.82, 2.24) is 15.3 Å². The van der Waals surface area contributed by atoms with Crippen LogP contribution >= 0.6 is 0 Å². The van der Waals surface area contributed by atoms with Crippen molar-refractivity contribution in [1.29, 1.82) is 5.41 Å². The van der Waals surface area contributed by atoms with Gasteiger partial charge in [-0.25, -0.2) is 4.98 Å². The van der Waals surface area contributed by atoms with Crippen LogP contribution < -0.4 is 22.1 Å². The van der Waals surface area contributed by atoms with Crippen molar-refractivity contribution in [2.24, 2.45) is 17.4 Å². The Morgan fingerprint density at radius 2 is 2.09 bits per heavy atom. The minimum atomic E-state index is -0.347. The van der Waals surface area contributed by atoms with E-state index in [9.17, 15) is 10.1 Å². The van der Waals surface area contributed by atoms with E-state index in [2.05, 4.69) is 20.6 Å². The Morgan fingerprint density at radius 3 is 2.71 bits per heavy atom. The van der Waals surface area contributed by atoms with E-state index in [1.165, 1.54) is 12.4 Å². The van der Waals surface area contributed by atoms with Gasteiger partial charge in [0.25, 0.3) is 0 Å². The number of nitrogens with zero attached hydrogens (tertiary/aromatic N) is 3. The van der Waals surface area contributed by atoms with Gasteiger partial charge in [0.1, 0.15) is 11.6 Å². The molecule has 0 saturated heterocycles. The lowest BCUT2D eigenvalue weighted by molar-refractivity contribution is -0.428. The molecule has 0 bridgehead atoms. The van der Waals surface area contributed by atoms with Crippen LogP contribution in [0.5, 0.6) is 0 Å².